The second-order valence-corrected chi connectivity index (χ2v) is 8.93. The van der Waals surface area contributed by atoms with E-state index >= 15 is 0 Å². The molecule has 5 rings (SSSR count). The van der Waals surface area contributed by atoms with Crippen molar-refractivity contribution in [1.82, 2.24) is 4.90 Å². The zero-order valence-electron chi connectivity index (χ0n) is 18.1. The van der Waals surface area contributed by atoms with Gasteiger partial charge < -0.3 is 4.74 Å². The van der Waals surface area contributed by atoms with Crippen molar-refractivity contribution < 1.29 is 18.7 Å². The van der Waals surface area contributed by atoms with E-state index in [1.54, 1.807) is 30.3 Å². The Hall–Kier alpha value is -3.90. The first-order chi connectivity index (χ1) is 16.5. The summed E-state index contributed by atoms with van der Waals surface area (Å²) >= 11 is 0.949. The third-order valence-corrected chi connectivity index (χ3v) is 6.43. The third kappa shape index (κ3) is 4.87. The highest BCUT2D eigenvalue weighted by molar-refractivity contribution is 8.18. The van der Waals surface area contributed by atoms with Gasteiger partial charge in [-0.2, -0.15) is 0 Å². The SMILES string of the molecule is O=C1S/C(=C/c2ccc(OCc3ccc(F)cc3)cc2)C(=O)N1Cc1ccc2ccccc2c1. The van der Waals surface area contributed by atoms with Crippen LogP contribution in [0.3, 0.4) is 0 Å². The van der Waals surface area contributed by atoms with Gasteiger partial charge in [0.05, 0.1) is 11.4 Å². The number of imide groups is 1. The summed E-state index contributed by atoms with van der Waals surface area (Å²) in [5, 5.41) is 1.92. The number of benzene rings is 4. The Labute approximate surface area is 200 Å². The molecule has 4 nitrogen and oxygen atoms in total. The number of hydrogen-bond acceptors (Lipinski definition) is 4. The summed E-state index contributed by atoms with van der Waals surface area (Å²) < 4.78 is 18.7. The molecule has 0 unspecified atom stereocenters. The summed E-state index contributed by atoms with van der Waals surface area (Å²) in [6, 6.07) is 27.4. The number of ether oxygens (including phenoxy) is 1. The topological polar surface area (TPSA) is 46.6 Å². The summed E-state index contributed by atoms with van der Waals surface area (Å²) in [5.74, 6) is 0.0838. The largest absolute Gasteiger partial charge is 0.489 e. The fraction of sp³-hybridized carbons (Fsp3) is 0.0714. The molecule has 1 saturated heterocycles. The lowest BCUT2D eigenvalue weighted by Gasteiger charge is -2.13. The van der Waals surface area contributed by atoms with Crippen LogP contribution in [-0.2, 0) is 17.9 Å². The molecule has 1 fully saturated rings. The van der Waals surface area contributed by atoms with E-state index in [2.05, 4.69) is 0 Å². The molecule has 168 valence electrons. The molecule has 6 heteroatoms. The molecule has 0 aromatic heterocycles. The van der Waals surface area contributed by atoms with Gasteiger partial charge in [-0.05, 0) is 75.6 Å². The van der Waals surface area contributed by atoms with Crippen LogP contribution in [0.4, 0.5) is 9.18 Å². The number of rotatable bonds is 6. The Morgan fingerprint density at radius 3 is 2.29 bits per heavy atom. The molecule has 4 aromatic rings. The van der Waals surface area contributed by atoms with Crippen molar-refractivity contribution in [3.63, 3.8) is 0 Å². The molecule has 0 spiro atoms. The van der Waals surface area contributed by atoms with Crippen molar-refractivity contribution in [3.8, 4) is 5.75 Å². The van der Waals surface area contributed by atoms with Gasteiger partial charge in [-0.1, -0.05) is 60.7 Å². The molecular weight excluding hydrogens is 449 g/mol. The number of hydrogen-bond donors (Lipinski definition) is 0. The van der Waals surface area contributed by atoms with Gasteiger partial charge >= 0.3 is 0 Å². The van der Waals surface area contributed by atoms with E-state index in [-0.39, 0.29) is 23.5 Å². The standard InChI is InChI=1S/C28H20FNO3S/c29-24-11-6-20(7-12-24)18-33-25-13-8-19(9-14-25)16-26-27(31)30(28(32)34-26)17-21-5-10-22-3-1-2-4-23(22)15-21/h1-16H,17-18H2/b26-16+. The van der Waals surface area contributed by atoms with Gasteiger partial charge in [0.15, 0.2) is 0 Å². The lowest BCUT2D eigenvalue weighted by Crippen LogP contribution is -2.27. The van der Waals surface area contributed by atoms with Crippen molar-refractivity contribution in [2.75, 3.05) is 0 Å². The fourth-order valence-corrected chi connectivity index (χ4v) is 4.55. The van der Waals surface area contributed by atoms with Crippen molar-refractivity contribution in [1.29, 1.82) is 0 Å². The minimum atomic E-state index is -0.292. The summed E-state index contributed by atoms with van der Waals surface area (Å²) in [6.07, 6.45) is 1.72. The highest BCUT2D eigenvalue weighted by atomic mass is 32.2. The molecule has 0 saturated carbocycles. The molecule has 0 radical (unpaired) electrons. The van der Waals surface area contributed by atoms with Crippen molar-refractivity contribution >= 4 is 39.8 Å². The van der Waals surface area contributed by atoms with Crippen LogP contribution in [0.2, 0.25) is 0 Å². The summed E-state index contributed by atoms with van der Waals surface area (Å²) in [6.45, 7) is 0.566. The molecule has 0 N–H and O–H groups in total. The van der Waals surface area contributed by atoms with E-state index in [1.807, 2.05) is 54.6 Å². The number of carbonyl (C=O) groups excluding carboxylic acids is 2. The predicted molar refractivity (Wildman–Crippen MR) is 133 cm³/mol. The van der Waals surface area contributed by atoms with Crippen LogP contribution in [0, 0.1) is 5.82 Å². The lowest BCUT2D eigenvalue weighted by atomic mass is 10.1. The molecule has 2 amide bonds. The maximum Gasteiger partial charge on any atom is 0.293 e. The lowest BCUT2D eigenvalue weighted by molar-refractivity contribution is -0.123. The molecule has 4 aromatic carbocycles. The van der Waals surface area contributed by atoms with E-state index in [0.29, 0.717) is 17.3 Å². The minimum Gasteiger partial charge on any atom is -0.489 e. The van der Waals surface area contributed by atoms with E-state index in [0.717, 1.165) is 39.2 Å². The second-order valence-electron chi connectivity index (χ2n) is 7.93. The van der Waals surface area contributed by atoms with Gasteiger partial charge in [-0.3, -0.25) is 14.5 Å². The van der Waals surface area contributed by atoms with Crippen molar-refractivity contribution in [3.05, 3.63) is 118 Å². The molecular formula is C28H20FNO3S. The molecule has 1 aliphatic rings. The minimum absolute atomic E-state index is 0.239. The number of amides is 2. The first-order valence-electron chi connectivity index (χ1n) is 10.8. The Kier molecular flexibility index (Phi) is 6.14. The third-order valence-electron chi connectivity index (χ3n) is 5.52. The Balaban J connectivity index is 1.25. The van der Waals surface area contributed by atoms with Crippen LogP contribution < -0.4 is 4.74 Å². The molecule has 1 aliphatic heterocycles. The predicted octanol–water partition coefficient (Wildman–Crippen LogP) is 6.79. The molecule has 34 heavy (non-hydrogen) atoms. The van der Waals surface area contributed by atoms with Crippen molar-refractivity contribution in [2.45, 2.75) is 13.2 Å². The number of thioether (sulfide) groups is 1. The molecule has 1 heterocycles. The fourth-order valence-electron chi connectivity index (χ4n) is 3.71. The van der Waals surface area contributed by atoms with E-state index < -0.39 is 0 Å². The number of fused-ring (bicyclic) bond motifs is 1. The Morgan fingerprint density at radius 2 is 1.53 bits per heavy atom. The summed E-state index contributed by atoms with van der Waals surface area (Å²) in [4.78, 5) is 27.1. The Bertz CT molecular complexity index is 1400. The normalized spacial score (nSPS) is 14.9. The highest BCUT2D eigenvalue weighted by Gasteiger charge is 2.35. The van der Waals surface area contributed by atoms with Gasteiger partial charge in [0, 0.05) is 0 Å². The maximum atomic E-state index is 13.0. The van der Waals surface area contributed by atoms with Crippen LogP contribution in [0.5, 0.6) is 5.75 Å². The van der Waals surface area contributed by atoms with Gasteiger partial charge in [0.25, 0.3) is 11.1 Å². The zero-order valence-corrected chi connectivity index (χ0v) is 18.9. The van der Waals surface area contributed by atoms with E-state index in [1.165, 1.54) is 17.0 Å². The monoisotopic (exact) mass is 469 g/mol. The number of carbonyl (C=O) groups is 2. The highest BCUT2D eigenvalue weighted by Crippen LogP contribution is 2.34. The Morgan fingerprint density at radius 1 is 0.824 bits per heavy atom. The van der Waals surface area contributed by atoms with Crippen LogP contribution in [0.15, 0.2) is 95.9 Å². The van der Waals surface area contributed by atoms with Crippen molar-refractivity contribution in [2.24, 2.45) is 0 Å². The maximum absolute atomic E-state index is 13.0. The molecule has 0 aliphatic carbocycles. The zero-order chi connectivity index (χ0) is 23.5. The van der Waals surface area contributed by atoms with Gasteiger partial charge in [0.1, 0.15) is 18.2 Å². The smallest absolute Gasteiger partial charge is 0.293 e. The molecule has 0 atom stereocenters. The van der Waals surface area contributed by atoms with E-state index in [4.69, 9.17) is 4.74 Å². The van der Waals surface area contributed by atoms with Gasteiger partial charge in [0.2, 0.25) is 0 Å². The van der Waals surface area contributed by atoms with Crippen LogP contribution in [0.1, 0.15) is 16.7 Å². The van der Waals surface area contributed by atoms with Crippen LogP contribution >= 0.6 is 11.8 Å². The summed E-state index contributed by atoms with van der Waals surface area (Å²) in [5.41, 5.74) is 2.57. The van der Waals surface area contributed by atoms with Gasteiger partial charge in [-0.15, -0.1) is 0 Å². The average molecular weight is 470 g/mol. The number of nitrogens with zero attached hydrogens (tertiary/aromatic N) is 1. The first kappa shape index (κ1) is 21.9. The molecule has 0 bridgehead atoms. The first-order valence-corrected chi connectivity index (χ1v) is 11.6. The van der Waals surface area contributed by atoms with Crippen LogP contribution in [0.25, 0.3) is 16.8 Å². The van der Waals surface area contributed by atoms with Crippen LogP contribution in [-0.4, -0.2) is 16.0 Å². The quantitative estimate of drug-likeness (QED) is 0.292. The average Bonchev–Trinajstić information content (AvgIpc) is 3.12. The van der Waals surface area contributed by atoms with E-state index in [9.17, 15) is 14.0 Å². The van der Waals surface area contributed by atoms with Gasteiger partial charge in [-0.25, -0.2) is 4.39 Å². The number of halogens is 1. The summed E-state index contributed by atoms with van der Waals surface area (Å²) in [7, 11) is 0. The second kappa shape index (κ2) is 9.53.